The third kappa shape index (κ3) is 4.08. The molecule has 2 fully saturated rings. The molecule has 7 nitrogen and oxygen atoms in total. The molecule has 0 saturated carbocycles. The maximum atomic E-state index is 13.8. The number of piperidine rings is 1. The Kier molecular flexibility index (Phi) is 5.69. The number of carboxylic acids is 1. The minimum absolute atomic E-state index is 0.0394. The summed E-state index contributed by atoms with van der Waals surface area (Å²) >= 11 is 0. The fourth-order valence-electron chi connectivity index (χ4n) is 3.47. The van der Waals surface area contributed by atoms with Crippen molar-refractivity contribution in [1.82, 2.24) is 9.80 Å². The van der Waals surface area contributed by atoms with Gasteiger partial charge in [0.15, 0.2) is 6.04 Å². The van der Waals surface area contributed by atoms with Crippen molar-refractivity contribution in [2.75, 3.05) is 32.8 Å². The van der Waals surface area contributed by atoms with Gasteiger partial charge >= 0.3 is 5.97 Å². The number of benzene rings is 1. The fourth-order valence-corrected chi connectivity index (χ4v) is 3.47. The number of hydrogen-bond donors (Lipinski definition) is 1. The van der Waals surface area contributed by atoms with Crippen LogP contribution in [0, 0.1) is 17.6 Å². The molecule has 1 aromatic carbocycles. The average Bonchev–Trinajstić information content (AvgIpc) is 2.67. The highest BCUT2D eigenvalue weighted by Crippen LogP contribution is 2.24. The van der Waals surface area contributed by atoms with Gasteiger partial charge in [-0.3, -0.25) is 9.59 Å². The van der Waals surface area contributed by atoms with E-state index < -0.39 is 35.5 Å². The van der Waals surface area contributed by atoms with Crippen molar-refractivity contribution in [3.8, 4) is 0 Å². The van der Waals surface area contributed by atoms with Crippen LogP contribution in [0.3, 0.4) is 0 Å². The van der Waals surface area contributed by atoms with Crippen molar-refractivity contribution in [1.29, 1.82) is 0 Å². The van der Waals surface area contributed by atoms with Gasteiger partial charge in [-0.25, -0.2) is 13.6 Å². The minimum atomic E-state index is -1.11. The van der Waals surface area contributed by atoms with Gasteiger partial charge in [0.25, 0.3) is 5.91 Å². The molecule has 3 rings (SSSR count). The molecule has 0 bridgehead atoms. The van der Waals surface area contributed by atoms with E-state index in [4.69, 9.17) is 4.74 Å². The van der Waals surface area contributed by atoms with Gasteiger partial charge in [-0.1, -0.05) is 0 Å². The molecule has 1 N–H and O–H groups in total. The molecule has 2 saturated heterocycles. The SMILES string of the molecule is O=C(O)C1COCCN1C(=O)C1CCN(C(=O)c2ccc(F)cc2F)CC1. The maximum absolute atomic E-state index is 13.8. The number of hydrogen-bond acceptors (Lipinski definition) is 4. The number of carboxylic acid groups (broad SMARTS) is 1. The zero-order valence-corrected chi connectivity index (χ0v) is 14.6. The van der Waals surface area contributed by atoms with Gasteiger partial charge in [-0.05, 0) is 25.0 Å². The van der Waals surface area contributed by atoms with E-state index in [1.807, 2.05) is 0 Å². The number of carbonyl (C=O) groups is 3. The summed E-state index contributed by atoms with van der Waals surface area (Å²) in [5.74, 6) is -3.99. The van der Waals surface area contributed by atoms with E-state index in [1.54, 1.807) is 0 Å². The van der Waals surface area contributed by atoms with E-state index in [0.717, 1.165) is 12.1 Å². The van der Waals surface area contributed by atoms with E-state index in [2.05, 4.69) is 0 Å². The van der Waals surface area contributed by atoms with Gasteiger partial charge in [0.1, 0.15) is 11.6 Å². The van der Waals surface area contributed by atoms with Gasteiger partial charge in [0, 0.05) is 31.6 Å². The Bertz CT molecular complexity index is 749. The summed E-state index contributed by atoms with van der Waals surface area (Å²) in [5, 5.41) is 9.25. The molecule has 27 heavy (non-hydrogen) atoms. The molecule has 2 aliphatic rings. The van der Waals surface area contributed by atoms with Crippen molar-refractivity contribution in [2.45, 2.75) is 18.9 Å². The van der Waals surface area contributed by atoms with Crippen LogP contribution < -0.4 is 0 Å². The van der Waals surface area contributed by atoms with Crippen molar-refractivity contribution in [3.05, 3.63) is 35.4 Å². The van der Waals surface area contributed by atoms with E-state index in [-0.39, 0.29) is 44.3 Å². The monoisotopic (exact) mass is 382 g/mol. The first-order valence-corrected chi connectivity index (χ1v) is 8.74. The number of morpholine rings is 1. The maximum Gasteiger partial charge on any atom is 0.328 e. The predicted octanol–water partition coefficient (Wildman–Crippen LogP) is 1.13. The van der Waals surface area contributed by atoms with E-state index >= 15 is 0 Å². The van der Waals surface area contributed by atoms with Gasteiger partial charge in [0.2, 0.25) is 5.91 Å². The quantitative estimate of drug-likeness (QED) is 0.847. The topological polar surface area (TPSA) is 87.2 Å². The number of nitrogens with zero attached hydrogens (tertiary/aromatic N) is 2. The van der Waals surface area contributed by atoms with Crippen LogP contribution >= 0.6 is 0 Å². The van der Waals surface area contributed by atoms with Crippen LogP contribution in [0.5, 0.6) is 0 Å². The molecule has 0 aromatic heterocycles. The van der Waals surface area contributed by atoms with Crippen LogP contribution in [0.2, 0.25) is 0 Å². The number of aliphatic carboxylic acids is 1. The van der Waals surface area contributed by atoms with Crippen LogP contribution in [0.4, 0.5) is 8.78 Å². The summed E-state index contributed by atoms with van der Waals surface area (Å²) in [4.78, 5) is 39.2. The van der Waals surface area contributed by atoms with Crippen molar-refractivity contribution in [3.63, 3.8) is 0 Å². The zero-order chi connectivity index (χ0) is 19.6. The summed E-state index contributed by atoms with van der Waals surface area (Å²) in [6, 6.07) is 1.79. The summed E-state index contributed by atoms with van der Waals surface area (Å²) < 4.78 is 31.9. The predicted molar refractivity (Wildman–Crippen MR) is 88.9 cm³/mol. The number of carbonyl (C=O) groups excluding carboxylic acids is 2. The Labute approximate surface area is 154 Å². The highest BCUT2D eigenvalue weighted by molar-refractivity contribution is 5.94. The first-order chi connectivity index (χ1) is 12.9. The Morgan fingerprint density at radius 3 is 2.44 bits per heavy atom. The molecule has 2 amide bonds. The Morgan fingerprint density at radius 1 is 1.11 bits per heavy atom. The lowest BCUT2D eigenvalue weighted by Gasteiger charge is -2.38. The smallest absolute Gasteiger partial charge is 0.328 e. The van der Waals surface area contributed by atoms with Crippen molar-refractivity contribution < 1.29 is 33.0 Å². The van der Waals surface area contributed by atoms with E-state index in [9.17, 15) is 28.3 Å². The lowest BCUT2D eigenvalue weighted by molar-refractivity contribution is -0.160. The number of likely N-dealkylation sites (tertiary alicyclic amines) is 1. The first-order valence-electron chi connectivity index (χ1n) is 8.74. The summed E-state index contributed by atoms with van der Waals surface area (Å²) in [6.07, 6.45) is 0.716. The third-order valence-electron chi connectivity index (χ3n) is 4.99. The average molecular weight is 382 g/mol. The van der Waals surface area contributed by atoms with Crippen molar-refractivity contribution in [2.24, 2.45) is 5.92 Å². The fraction of sp³-hybridized carbons (Fsp3) is 0.500. The Balaban J connectivity index is 1.62. The molecule has 0 radical (unpaired) electrons. The van der Waals surface area contributed by atoms with Gasteiger partial charge in [0.05, 0.1) is 18.8 Å². The number of ether oxygens (including phenoxy) is 1. The summed E-state index contributed by atoms with van der Waals surface area (Å²) in [5.41, 5.74) is -0.208. The molecule has 2 aliphatic heterocycles. The van der Waals surface area contributed by atoms with Gasteiger partial charge in [-0.15, -0.1) is 0 Å². The first kappa shape index (κ1) is 19.2. The second-order valence-corrected chi connectivity index (χ2v) is 6.65. The number of amides is 2. The van der Waals surface area contributed by atoms with Crippen LogP contribution in [-0.4, -0.2) is 71.6 Å². The Hall–Kier alpha value is -2.55. The molecule has 2 heterocycles. The molecule has 146 valence electrons. The summed E-state index contributed by atoms with van der Waals surface area (Å²) in [6.45, 7) is 0.955. The normalized spacial score (nSPS) is 21.2. The van der Waals surface area contributed by atoms with E-state index in [1.165, 1.54) is 9.80 Å². The standard InChI is InChI=1S/C18H20F2N2O5/c19-12-1-2-13(14(20)9-12)17(24)21-5-3-11(4-6-21)16(23)22-7-8-27-10-15(22)18(25)26/h1-2,9,11,15H,3-8,10H2,(H,25,26). The van der Waals surface area contributed by atoms with E-state index in [0.29, 0.717) is 18.9 Å². The lowest BCUT2D eigenvalue weighted by atomic mass is 9.94. The van der Waals surface area contributed by atoms with Crippen LogP contribution in [0.25, 0.3) is 0 Å². The summed E-state index contributed by atoms with van der Waals surface area (Å²) in [7, 11) is 0. The van der Waals surface area contributed by atoms with Gasteiger partial charge in [-0.2, -0.15) is 0 Å². The van der Waals surface area contributed by atoms with Crippen LogP contribution in [0.1, 0.15) is 23.2 Å². The van der Waals surface area contributed by atoms with Crippen LogP contribution in [0.15, 0.2) is 18.2 Å². The molecule has 1 aromatic rings. The number of rotatable bonds is 3. The van der Waals surface area contributed by atoms with Gasteiger partial charge < -0.3 is 19.6 Å². The van der Waals surface area contributed by atoms with Crippen LogP contribution in [-0.2, 0) is 14.3 Å². The highest BCUT2D eigenvalue weighted by Gasteiger charge is 2.37. The highest BCUT2D eigenvalue weighted by atomic mass is 19.1. The minimum Gasteiger partial charge on any atom is -0.480 e. The molecular formula is C18H20F2N2O5. The Morgan fingerprint density at radius 2 is 1.81 bits per heavy atom. The molecule has 0 aliphatic carbocycles. The lowest BCUT2D eigenvalue weighted by Crippen LogP contribution is -2.55. The molecule has 1 unspecified atom stereocenters. The van der Waals surface area contributed by atoms with Crippen molar-refractivity contribution >= 4 is 17.8 Å². The largest absolute Gasteiger partial charge is 0.480 e. The molecule has 0 spiro atoms. The third-order valence-corrected chi connectivity index (χ3v) is 4.99. The zero-order valence-electron chi connectivity index (χ0n) is 14.6. The molecule has 9 heteroatoms. The second kappa shape index (κ2) is 7.99. The molecular weight excluding hydrogens is 362 g/mol. The second-order valence-electron chi connectivity index (χ2n) is 6.65. The number of halogens is 2. The molecule has 1 atom stereocenters.